The highest BCUT2D eigenvalue weighted by atomic mass is 16.6. The summed E-state index contributed by atoms with van der Waals surface area (Å²) in [6, 6.07) is 4.89. The zero-order valence-corrected chi connectivity index (χ0v) is 12.4. The first kappa shape index (κ1) is 16.2. The van der Waals surface area contributed by atoms with Crippen LogP contribution in [0.5, 0.6) is 5.75 Å². The summed E-state index contributed by atoms with van der Waals surface area (Å²) < 4.78 is 5.44. The fraction of sp³-hybridized carbons (Fsp3) is 0.571. The number of nitro benzene ring substituents is 1. The predicted octanol–water partition coefficient (Wildman–Crippen LogP) is 2.75. The van der Waals surface area contributed by atoms with Gasteiger partial charge in [-0.2, -0.15) is 0 Å². The molecule has 0 saturated carbocycles. The maximum atomic E-state index is 10.9. The lowest BCUT2D eigenvalue weighted by atomic mass is 10.2. The Morgan fingerprint density at radius 3 is 2.75 bits per heavy atom. The summed E-state index contributed by atoms with van der Waals surface area (Å²) in [5.74, 6) is 0.325. The second-order valence-electron chi connectivity index (χ2n) is 4.61. The van der Waals surface area contributed by atoms with E-state index in [9.17, 15) is 10.1 Å². The molecule has 0 heterocycles. The van der Waals surface area contributed by atoms with Gasteiger partial charge in [0.2, 0.25) is 0 Å². The van der Waals surface area contributed by atoms with Crippen molar-refractivity contribution in [3.05, 3.63) is 28.3 Å². The molecule has 0 aliphatic rings. The van der Waals surface area contributed by atoms with Gasteiger partial charge in [-0.15, -0.1) is 0 Å². The number of likely N-dealkylation sites (N-methyl/N-ethyl adjacent to an activating group) is 1. The Labute approximate surface area is 119 Å². The van der Waals surface area contributed by atoms with Gasteiger partial charge in [0, 0.05) is 30.9 Å². The zero-order chi connectivity index (χ0) is 15.0. The second kappa shape index (κ2) is 8.37. The average Bonchev–Trinajstić information content (AvgIpc) is 2.44. The van der Waals surface area contributed by atoms with Crippen LogP contribution in [-0.2, 0) is 0 Å². The minimum absolute atomic E-state index is 0.00896. The molecule has 0 bridgehead atoms. The van der Waals surface area contributed by atoms with E-state index in [-0.39, 0.29) is 5.69 Å². The van der Waals surface area contributed by atoms with Crippen molar-refractivity contribution in [1.29, 1.82) is 0 Å². The van der Waals surface area contributed by atoms with Gasteiger partial charge in [-0.25, -0.2) is 0 Å². The molecule has 0 radical (unpaired) electrons. The molecule has 0 amide bonds. The molecule has 6 nitrogen and oxygen atoms in total. The number of rotatable bonds is 9. The van der Waals surface area contributed by atoms with Crippen LogP contribution >= 0.6 is 0 Å². The molecular formula is C14H23N3O3. The predicted molar refractivity (Wildman–Crippen MR) is 80.5 cm³/mol. The van der Waals surface area contributed by atoms with Crippen LogP contribution in [0.1, 0.15) is 20.3 Å². The Morgan fingerprint density at radius 1 is 1.40 bits per heavy atom. The van der Waals surface area contributed by atoms with Crippen molar-refractivity contribution in [3.63, 3.8) is 0 Å². The third-order valence-electron chi connectivity index (χ3n) is 2.98. The number of hydrogen-bond acceptors (Lipinski definition) is 5. The molecule has 6 heteroatoms. The van der Waals surface area contributed by atoms with Crippen LogP contribution in [0.2, 0.25) is 0 Å². The zero-order valence-electron chi connectivity index (χ0n) is 12.4. The van der Waals surface area contributed by atoms with Gasteiger partial charge >= 0.3 is 5.69 Å². The molecule has 0 aromatic heterocycles. The Morgan fingerprint density at radius 2 is 2.15 bits per heavy atom. The lowest BCUT2D eigenvalue weighted by Crippen LogP contribution is -2.24. The van der Waals surface area contributed by atoms with E-state index < -0.39 is 4.92 Å². The maximum Gasteiger partial charge on any atom is 0.311 e. The molecule has 0 unspecified atom stereocenters. The molecule has 1 aromatic rings. The SMILES string of the molecule is CCCOc1cc(NCCN(C)CC)ccc1[N+](=O)[O-]. The van der Waals surface area contributed by atoms with E-state index >= 15 is 0 Å². The molecule has 112 valence electrons. The van der Waals surface area contributed by atoms with E-state index in [1.54, 1.807) is 12.1 Å². The molecule has 20 heavy (non-hydrogen) atoms. The van der Waals surface area contributed by atoms with E-state index in [1.165, 1.54) is 6.07 Å². The highest BCUT2D eigenvalue weighted by molar-refractivity contribution is 5.58. The van der Waals surface area contributed by atoms with Crippen LogP contribution < -0.4 is 10.1 Å². The van der Waals surface area contributed by atoms with E-state index in [0.29, 0.717) is 12.4 Å². The summed E-state index contributed by atoms with van der Waals surface area (Å²) in [4.78, 5) is 12.7. The number of benzene rings is 1. The minimum atomic E-state index is -0.417. The molecule has 1 N–H and O–H groups in total. The number of nitrogens with one attached hydrogen (secondary N) is 1. The van der Waals surface area contributed by atoms with Gasteiger partial charge in [0.15, 0.2) is 5.75 Å². The van der Waals surface area contributed by atoms with Gasteiger partial charge < -0.3 is 15.0 Å². The summed E-state index contributed by atoms with van der Waals surface area (Å²) in [7, 11) is 2.05. The molecule has 0 spiro atoms. The van der Waals surface area contributed by atoms with E-state index in [1.807, 2.05) is 14.0 Å². The molecule has 0 aliphatic carbocycles. The number of nitrogens with zero attached hydrogens (tertiary/aromatic N) is 2. The highest BCUT2D eigenvalue weighted by Gasteiger charge is 2.15. The quantitative estimate of drug-likeness (QED) is 0.557. The van der Waals surface area contributed by atoms with Crippen molar-refractivity contribution in [1.82, 2.24) is 4.90 Å². The van der Waals surface area contributed by atoms with Gasteiger partial charge in [0.05, 0.1) is 11.5 Å². The van der Waals surface area contributed by atoms with Crippen LogP contribution in [0.3, 0.4) is 0 Å². The van der Waals surface area contributed by atoms with E-state index in [2.05, 4.69) is 17.1 Å². The summed E-state index contributed by atoms with van der Waals surface area (Å²) in [5, 5.41) is 14.2. The van der Waals surface area contributed by atoms with Crippen molar-refractivity contribution in [3.8, 4) is 5.75 Å². The molecular weight excluding hydrogens is 258 g/mol. The monoisotopic (exact) mass is 281 g/mol. The summed E-state index contributed by atoms with van der Waals surface area (Å²) >= 11 is 0. The first-order valence-electron chi connectivity index (χ1n) is 6.92. The smallest absolute Gasteiger partial charge is 0.311 e. The average molecular weight is 281 g/mol. The summed E-state index contributed by atoms with van der Waals surface area (Å²) in [6.45, 7) is 7.24. The molecule has 0 aliphatic heterocycles. The van der Waals surface area contributed by atoms with E-state index in [4.69, 9.17) is 4.74 Å². The van der Waals surface area contributed by atoms with Gasteiger partial charge in [-0.3, -0.25) is 10.1 Å². The second-order valence-corrected chi connectivity index (χ2v) is 4.61. The summed E-state index contributed by atoms with van der Waals surface area (Å²) in [5.41, 5.74) is 0.848. The van der Waals surface area contributed by atoms with Crippen LogP contribution in [0, 0.1) is 10.1 Å². The first-order chi connectivity index (χ1) is 9.58. The highest BCUT2D eigenvalue weighted by Crippen LogP contribution is 2.30. The van der Waals surface area contributed by atoms with Crippen LogP contribution in [-0.4, -0.2) is 43.1 Å². The largest absolute Gasteiger partial charge is 0.487 e. The molecule has 0 fully saturated rings. The summed E-state index contributed by atoms with van der Waals surface area (Å²) in [6.07, 6.45) is 0.816. The van der Waals surface area contributed by atoms with Crippen LogP contribution in [0.25, 0.3) is 0 Å². The van der Waals surface area contributed by atoms with Crippen LogP contribution in [0.15, 0.2) is 18.2 Å². The number of nitro groups is 1. The third kappa shape index (κ3) is 5.05. The molecule has 1 aromatic carbocycles. The minimum Gasteiger partial charge on any atom is -0.487 e. The van der Waals surface area contributed by atoms with Gasteiger partial charge in [-0.1, -0.05) is 13.8 Å². The number of anilines is 1. The lowest BCUT2D eigenvalue weighted by molar-refractivity contribution is -0.385. The van der Waals surface area contributed by atoms with Gasteiger partial charge in [0.25, 0.3) is 0 Å². The van der Waals surface area contributed by atoms with Crippen molar-refractivity contribution in [2.45, 2.75) is 20.3 Å². The van der Waals surface area contributed by atoms with Gasteiger partial charge in [-0.05, 0) is 26.1 Å². The lowest BCUT2D eigenvalue weighted by Gasteiger charge is -2.15. The Bertz CT molecular complexity index is 438. The topological polar surface area (TPSA) is 67.6 Å². The van der Waals surface area contributed by atoms with Crippen molar-refractivity contribution >= 4 is 11.4 Å². The molecule has 0 atom stereocenters. The maximum absolute atomic E-state index is 10.9. The normalized spacial score (nSPS) is 10.6. The van der Waals surface area contributed by atoms with Crippen molar-refractivity contribution < 1.29 is 9.66 Å². The Kier molecular flexibility index (Phi) is 6.79. The van der Waals surface area contributed by atoms with Crippen molar-refractivity contribution in [2.24, 2.45) is 0 Å². The molecule has 0 saturated heterocycles. The third-order valence-corrected chi connectivity index (χ3v) is 2.98. The fourth-order valence-electron chi connectivity index (χ4n) is 1.65. The number of hydrogen-bond donors (Lipinski definition) is 1. The first-order valence-corrected chi connectivity index (χ1v) is 6.92. The van der Waals surface area contributed by atoms with Crippen molar-refractivity contribution in [2.75, 3.05) is 38.6 Å². The Hall–Kier alpha value is -1.82. The van der Waals surface area contributed by atoms with E-state index in [0.717, 1.165) is 31.7 Å². The van der Waals surface area contributed by atoms with Gasteiger partial charge in [0.1, 0.15) is 0 Å². The standard InChI is InChI=1S/C14H23N3O3/c1-4-10-20-14-11-12(6-7-13(14)17(18)19)15-8-9-16(3)5-2/h6-7,11,15H,4-5,8-10H2,1-3H3. The fourth-order valence-corrected chi connectivity index (χ4v) is 1.65. The Balaban J connectivity index is 2.70. The number of ether oxygens (including phenoxy) is 1. The molecule has 1 rings (SSSR count). The van der Waals surface area contributed by atoms with Crippen LogP contribution in [0.4, 0.5) is 11.4 Å².